The molecule has 122 valence electrons. The first-order valence-electron chi connectivity index (χ1n) is 7.63. The van der Waals surface area contributed by atoms with Gasteiger partial charge in [-0.25, -0.2) is 0 Å². The van der Waals surface area contributed by atoms with Crippen molar-refractivity contribution in [1.82, 2.24) is 15.4 Å². The molecule has 3 aliphatic rings. The van der Waals surface area contributed by atoms with E-state index in [2.05, 4.69) is 19.8 Å². The van der Waals surface area contributed by atoms with E-state index < -0.39 is 10.2 Å². The molecular weight excluding hydrogens is 304 g/mol. The van der Waals surface area contributed by atoms with Crippen LogP contribution < -0.4 is 15.4 Å². The van der Waals surface area contributed by atoms with Crippen molar-refractivity contribution in [3.8, 4) is 0 Å². The summed E-state index contributed by atoms with van der Waals surface area (Å²) in [5.41, 5.74) is 1.53. The van der Waals surface area contributed by atoms with Crippen LogP contribution in [0.2, 0.25) is 0 Å². The number of hydrogen-bond acceptors (Lipinski definition) is 4. The highest BCUT2D eigenvalue weighted by Gasteiger charge is 2.37. The summed E-state index contributed by atoms with van der Waals surface area (Å²) in [5, 5.41) is 6.47. The second-order valence-electron chi connectivity index (χ2n) is 6.45. The van der Waals surface area contributed by atoms with Gasteiger partial charge in [0.05, 0.1) is 12.1 Å². The molecule has 3 rings (SSSR count). The maximum absolute atomic E-state index is 12.2. The van der Waals surface area contributed by atoms with Crippen LogP contribution in [0.1, 0.15) is 33.1 Å². The number of hydrogen-bond donors (Lipinski definition) is 3. The predicted octanol–water partition coefficient (Wildman–Crippen LogP) is 0.0736. The van der Waals surface area contributed by atoms with Gasteiger partial charge in [0.15, 0.2) is 0 Å². The molecular formula is C14H22N4O3S. The Balaban J connectivity index is 1.59. The van der Waals surface area contributed by atoms with Gasteiger partial charge in [-0.2, -0.15) is 8.42 Å². The first-order valence-corrected chi connectivity index (χ1v) is 9.07. The van der Waals surface area contributed by atoms with Crippen molar-refractivity contribution in [2.75, 3.05) is 13.1 Å². The van der Waals surface area contributed by atoms with Crippen molar-refractivity contribution in [2.45, 2.75) is 39.2 Å². The van der Waals surface area contributed by atoms with Crippen LogP contribution in [-0.4, -0.2) is 39.2 Å². The molecule has 2 fully saturated rings. The van der Waals surface area contributed by atoms with Crippen molar-refractivity contribution in [1.29, 1.82) is 0 Å². The molecule has 1 aliphatic carbocycles. The molecule has 2 aliphatic heterocycles. The molecule has 2 unspecified atom stereocenters. The van der Waals surface area contributed by atoms with Crippen LogP contribution >= 0.6 is 0 Å². The van der Waals surface area contributed by atoms with Gasteiger partial charge in [-0.05, 0) is 51.6 Å². The Morgan fingerprint density at radius 3 is 2.50 bits per heavy atom. The van der Waals surface area contributed by atoms with Gasteiger partial charge in [0.1, 0.15) is 0 Å². The van der Waals surface area contributed by atoms with Gasteiger partial charge in [-0.1, -0.05) is 0 Å². The van der Waals surface area contributed by atoms with Gasteiger partial charge in [0.25, 0.3) is 0 Å². The highest BCUT2D eigenvalue weighted by Crippen LogP contribution is 2.34. The maximum atomic E-state index is 12.2. The molecule has 0 aromatic rings. The fourth-order valence-corrected chi connectivity index (χ4v) is 4.79. The average molecular weight is 326 g/mol. The van der Waals surface area contributed by atoms with E-state index in [0.717, 1.165) is 25.9 Å². The molecule has 0 radical (unpaired) electrons. The highest BCUT2D eigenvalue weighted by atomic mass is 32.2. The Hall–Kier alpha value is -1.41. The quantitative estimate of drug-likeness (QED) is 0.683. The topological polar surface area (TPSA) is 99.7 Å². The number of nitrogens with zero attached hydrogens (tertiary/aromatic N) is 1. The van der Waals surface area contributed by atoms with Crippen LogP contribution in [0.15, 0.2) is 15.7 Å². The van der Waals surface area contributed by atoms with Crippen molar-refractivity contribution in [2.24, 2.45) is 16.2 Å². The minimum absolute atomic E-state index is 0.0667. The molecule has 2 heterocycles. The van der Waals surface area contributed by atoms with Crippen molar-refractivity contribution < 1.29 is 13.2 Å². The third-order valence-corrected chi connectivity index (χ3v) is 5.86. The summed E-state index contributed by atoms with van der Waals surface area (Å²) < 4.78 is 28.9. The lowest BCUT2D eigenvalue weighted by Gasteiger charge is -2.19. The Labute approximate surface area is 130 Å². The van der Waals surface area contributed by atoms with E-state index in [4.69, 9.17) is 0 Å². The zero-order valence-electron chi connectivity index (χ0n) is 12.8. The molecule has 0 spiro atoms. The molecule has 8 heteroatoms. The summed E-state index contributed by atoms with van der Waals surface area (Å²) in [4.78, 5) is 12.2. The van der Waals surface area contributed by atoms with Crippen LogP contribution in [0.3, 0.4) is 0 Å². The summed E-state index contributed by atoms with van der Waals surface area (Å²) in [7, 11) is -3.64. The largest absolute Gasteiger partial charge is 0.353 e. The number of fused-ring (bicyclic) bond motifs is 1. The lowest BCUT2D eigenvalue weighted by atomic mass is 10.0. The van der Waals surface area contributed by atoms with Crippen molar-refractivity contribution in [3.63, 3.8) is 0 Å². The summed E-state index contributed by atoms with van der Waals surface area (Å²) >= 11 is 0. The number of rotatable bonds is 3. The summed E-state index contributed by atoms with van der Waals surface area (Å²) in [6, 6.07) is 0.239. The molecule has 1 saturated heterocycles. The van der Waals surface area contributed by atoms with E-state index in [1.54, 1.807) is 13.8 Å². The van der Waals surface area contributed by atoms with Crippen LogP contribution in [0.5, 0.6) is 0 Å². The lowest BCUT2D eigenvalue weighted by Crippen LogP contribution is -2.36. The first-order chi connectivity index (χ1) is 10.3. The fraction of sp³-hybridized carbons (Fsp3) is 0.714. The van der Waals surface area contributed by atoms with Gasteiger partial charge in [-0.3, -0.25) is 9.52 Å². The highest BCUT2D eigenvalue weighted by molar-refractivity contribution is 7.88. The van der Waals surface area contributed by atoms with Gasteiger partial charge < -0.3 is 10.6 Å². The smallest absolute Gasteiger partial charge is 0.342 e. The second kappa shape index (κ2) is 5.66. The number of nitrogens with one attached hydrogen (secondary N) is 3. The van der Waals surface area contributed by atoms with Crippen molar-refractivity contribution in [3.05, 3.63) is 11.3 Å². The third-order valence-electron chi connectivity index (χ3n) is 4.79. The molecule has 3 N–H and O–H groups in total. The summed E-state index contributed by atoms with van der Waals surface area (Å²) in [5.74, 6) is 1.29. The number of amides is 1. The van der Waals surface area contributed by atoms with E-state index in [1.165, 1.54) is 0 Å². The van der Waals surface area contributed by atoms with Gasteiger partial charge >= 0.3 is 10.2 Å². The van der Waals surface area contributed by atoms with E-state index in [1.807, 2.05) is 0 Å². The Morgan fingerprint density at radius 2 is 1.91 bits per heavy atom. The molecule has 1 saturated carbocycles. The zero-order valence-corrected chi connectivity index (χ0v) is 13.7. The average Bonchev–Trinajstić information content (AvgIpc) is 2.93. The number of carbonyl (C=O) groups excluding carboxylic acids is 1. The summed E-state index contributed by atoms with van der Waals surface area (Å²) in [6.07, 6.45) is 2.22. The first kappa shape index (κ1) is 15.5. The van der Waals surface area contributed by atoms with Crippen LogP contribution in [0.4, 0.5) is 0 Å². The monoisotopic (exact) mass is 326 g/mol. The zero-order chi connectivity index (χ0) is 15.9. The second-order valence-corrected chi connectivity index (χ2v) is 7.79. The third kappa shape index (κ3) is 3.17. The SMILES string of the molecule is CC1=NS(=O)(=O)NC(C)=C1CC(=O)NC1CC2CNCC2C1. The van der Waals surface area contributed by atoms with E-state index in [9.17, 15) is 13.2 Å². The molecule has 7 nitrogen and oxygen atoms in total. The standard InChI is InChI=1S/C14H22N4O3S/c1-8-13(9(2)18-22(20,21)17-8)5-14(19)16-12-3-10-6-15-7-11(10)4-12/h10-12,15,17H,3-7H2,1-2H3,(H,16,19). The number of carbonyl (C=O) groups is 1. The number of allylic oxidation sites excluding steroid dienone is 1. The Kier molecular flexibility index (Phi) is 3.98. The Morgan fingerprint density at radius 1 is 1.27 bits per heavy atom. The van der Waals surface area contributed by atoms with Gasteiger partial charge in [0.2, 0.25) is 5.91 Å². The molecule has 0 bridgehead atoms. The van der Waals surface area contributed by atoms with Crippen molar-refractivity contribution >= 4 is 21.8 Å². The maximum Gasteiger partial charge on any atom is 0.342 e. The minimum Gasteiger partial charge on any atom is -0.353 e. The van der Waals surface area contributed by atoms with Gasteiger partial charge in [-0.15, -0.1) is 4.40 Å². The molecule has 1 amide bonds. The van der Waals surface area contributed by atoms with Crippen LogP contribution in [0, 0.1) is 11.8 Å². The van der Waals surface area contributed by atoms with Crippen LogP contribution in [0.25, 0.3) is 0 Å². The minimum atomic E-state index is -3.64. The van der Waals surface area contributed by atoms with Crippen LogP contribution in [-0.2, 0) is 15.0 Å². The van der Waals surface area contributed by atoms with Gasteiger partial charge in [0, 0.05) is 17.3 Å². The molecule has 22 heavy (non-hydrogen) atoms. The van der Waals surface area contributed by atoms with E-state index >= 15 is 0 Å². The van der Waals surface area contributed by atoms with E-state index in [0.29, 0.717) is 28.8 Å². The molecule has 2 atom stereocenters. The fourth-order valence-electron chi connectivity index (χ4n) is 3.77. The molecule has 0 aromatic heterocycles. The normalized spacial score (nSPS) is 33.2. The van der Waals surface area contributed by atoms with E-state index in [-0.39, 0.29) is 18.4 Å². The summed E-state index contributed by atoms with van der Waals surface area (Å²) in [6.45, 7) is 5.38. The lowest BCUT2D eigenvalue weighted by molar-refractivity contribution is -0.121. The predicted molar refractivity (Wildman–Crippen MR) is 83.5 cm³/mol. The molecule has 0 aromatic carbocycles. The Bertz CT molecular complexity index is 641.